The van der Waals surface area contributed by atoms with Crippen LogP contribution in [0.4, 0.5) is 15.8 Å². The van der Waals surface area contributed by atoms with E-state index in [9.17, 15) is 10.1 Å². The Bertz CT molecular complexity index is 1520. The molecule has 0 N–H and O–H groups in total. The Morgan fingerprint density at radius 2 is 1.93 bits per heavy atom. The molecule has 0 saturated carbocycles. The van der Waals surface area contributed by atoms with Crippen LogP contribution in [0.3, 0.4) is 0 Å². The van der Waals surface area contributed by atoms with Gasteiger partial charge in [-0.2, -0.15) is 5.26 Å². The first-order chi connectivity index (χ1) is 20.0. The molecule has 2 aromatic carbocycles. The number of rotatable bonds is 6. The van der Waals surface area contributed by atoms with Gasteiger partial charge in [-0.1, -0.05) is 30.8 Å². The second kappa shape index (κ2) is 11.4. The van der Waals surface area contributed by atoms with Crippen molar-refractivity contribution in [1.29, 1.82) is 5.26 Å². The van der Waals surface area contributed by atoms with Gasteiger partial charge in [0.2, 0.25) is 11.8 Å². The third-order valence-electron chi connectivity index (χ3n) is 8.74. The van der Waals surface area contributed by atoms with Crippen LogP contribution in [0.1, 0.15) is 29.7 Å². The number of pyridine rings is 1. The quantitative estimate of drug-likeness (QED) is 0.425. The number of anilines is 2. The SMILES string of the molecule is C=CC(=O)N1CCN(c2c(C#N)c(OCC3CCCN3C)nc3c2CCN(c2cccc4cccc(F)c24)C3)CC1. The van der Waals surface area contributed by atoms with Gasteiger partial charge >= 0.3 is 0 Å². The first-order valence-electron chi connectivity index (χ1n) is 14.4. The first-order valence-corrected chi connectivity index (χ1v) is 14.4. The van der Waals surface area contributed by atoms with E-state index < -0.39 is 0 Å². The molecule has 0 spiro atoms. The summed E-state index contributed by atoms with van der Waals surface area (Å²) in [6.45, 7) is 8.59. The molecular weight excluding hydrogens is 519 g/mol. The van der Waals surface area contributed by atoms with Crippen molar-refractivity contribution in [2.75, 3.05) is 62.7 Å². The number of carbonyl (C=O) groups excluding carboxylic acids is 1. The van der Waals surface area contributed by atoms with E-state index in [0.29, 0.717) is 69.1 Å². The molecule has 8 nitrogen and oxygen atoms in total. The van der Waals surface area contributed by atoms with Gasteiger partial charge < -0.3 is 24.3 Å². The Morgan fingerprint density at radius 3 is 2.63 bits per heavy atom. The van der Waals surface area contributed by atoms with E-state index in [1.54, 1.807) is 11.0 Å². The Kier molecular flexibility index (Phi) is 7.50. The van der Waals surface area contributed by atoms with E-state index in [-0.39, 0.29) is 17.8 Å². The number of aromatic nitrogens is 1. The molecule has 0 aliphatic carbocycles. The van der Waals surface area contributed by atoms with Crippen LogP contribution < -0.4 is 14.5 Å². The molecule has 1 aromatic heterocycles. The molecule has 2 fully saturated rings. The number of ether oxygens (including phenoxy) is 1. The highest BCUT2D eigenvalue weighted by atomic mass is 19.1. The van der Waals surface area contributed by atoms with Gasteiger partial charge in [0.1, 0.15) is 24.1 Å². The summed E-state index contributed by atoms with van der Waals surface area (Å²) in [4.78, 5) is 25.6. The van der Waals surface area contributed by atoms with E-state index >= 15 is 4.39 Å². The molecule has 41 heavy (non-hydrogen) atoms. The van der Waals surface area contributed by atoms with Gasteiger partial charge in [-0.3, -0.25) is 4.79 Å². The number of carbonyl (C=O) groups is 1. The lowest BCUT2D eigenvalue weighted by Crippen LogP contribution is -2.49. The number of halogens is 1. The second-order valence-corrected chi connectivity index (χ2v) is 11.1. The van der Waals surface area contributed by atoms with Crippen LogP contribution >= 0.6 is 0 Å². The fourth-order valence-electron chi connectivity index (χ4n) is 6.48. The van der Waals surface area contributed by atoms with Crippen LogP contribution in [0.5, 0.6) is 5.88 Å². The van der Waals surface area contributed by atoms with Crippen molar-refractivity contribution in [1.82, 2.24) is 14.8 Å². The Hall–Kier alpha value is -4.16. The highest BCUT2D eigenvalue weighted by Crippen LogP contribution is 2.39. The molecule has 212 valence electrons. The lowest BCUT2D eigenvalue weighted by molar-refractivity contribution is -0.126. The molecule has 3 aromatic rings. The average Bonchev–Trinajstić information content (AvgIpc) is 3.42. The molecule has 1 atom stereocenters. The fraction of sp³-hybridized carbons (Fsp3) is 0.406. The molecule has 9 heteroatoms. The first kappa shape index (κ1) is 27.0. The molecule has 1 amide bonds. The van der Waals surface area contributed by atoms with Crippen molar-refractivity contribution in [3.8, 4) is 11.9 Å². The molecular formula is C32H35FN6O2. The number of amides is 1. The number of hydrogen-bond acceptors (Lipinski definition) is 7. The zero-order valence-electron chi connectivity index (χ0n) is 23.5. The number of piperazine rings is 1. The second-order valence-electron chi connectivity index (χ2n) is 11.1. The summed E-state index contributed by atoms with van der Waals surface area (Å²) in [5.74, 6) is 0.0377. The summed E-state index contributed by atoms with van der Waals surface area (Å²) >= 11 is 0. The molecule has 2 saturated heterocycles. The maximum absolute atomic E-state index is 15.0. The number of fused-ring (bicyclic) bond motifs is 2. The zero-order chi connectivity index (χ0) is 28.5. The minimum Gasteiger partial charge on any atom is -0.475 e. The van der Waals surface area contributed by atoms with Crippen LogP contribution in [0, 0.1) is 17.1 Å². The van der Waals surface area contributed by atoms with Crippen molar-refractivity contribution in [3.05, 3.63) is 71.7 Å². The number of nitrogens with zero attached hydrogens (tertiary/aromatic N) is 6. The number of nitriles is 1. The Morgan fingerprint density at radius 1 is 1.15 bits per heavy atom. The van der Waals surface area contributed by atoms with Crippen LogP contribution in [-0.2, 0) is 17.8 Å². The number of likely N-dealkylation sites (tertiary alicyclic amines) is 1. The maximum atomic E-state index is 15.0. The van der Waals surface area contributed by atoms with Gasteiger partial charge in [0.25, 0.3) is 0 Å². The molecule has 0 radical (unpaired) electrons. The van der Waals surface area contributed by atoms with E-state index in [1.807, 2.05) is 24.3 Å². The Labute approximate surface area is 240 Å². The van der Waals surface area contributed by atoms with E-state index in [4.69, 9.17) is 9.72 Å². The largest absolute Gasteiger partial charge is 0.475 e. The van der Waals surface area contributed by atoms with Crippen molar-refractivity contribution in [2.24, 2.45) is 0 Å². The van der Waals surface area contributed by atoms with Gasteiger partial charge in [-0.15, -0.1) is 0 Å². The van der Waals surface area contributed by atoms with Gasteiger partial charge in [0.15, 0.2) is 0 Å². The van der Waals surface area contributed by atoms with Crippen LogP contribution in [0.25, 0.3) is 10.8 Å². The van der Waals surface area contributed by atoms with Crippen molar-refractivity contribution >= 4 is 28.1 Å². The van der Waals surface area contributed by atoms with Crippen LogP contribution in [0.15, 0.2) is 49.1 Å². The van der Waals surface area contributed by atoms with Gasteiger partial charge in [0, 0.05) is 55.4 Å². The minimum atomic E-state index is -0.242. The topological polar surface area (TPSA) is 75.9 Å². The lowest BCUT2D eigenvalue weighted by Gasteiger charge is -2.39. The molecule has 3 aliphatic heterocycles. The van der Waals surface area contributed by atoms with Crippen molar-refractivity contribution < 1.29 is 13.9 Å². The van der Waals surface area contributed by atoms with E-state index in [1.165, 1.54) is 12.1 Å². The minimum absolute atomic E-state index is 0.0791. The molecule has 3 aliphatic rings. The summed E-state index contributed by atoms with van der Waals surface area (Å²) in [5, 5.41) is 11.9. The fourth-order valence-corrected chi connectivity index (χ4v) is 6.48. The highest BCUT2D eigenvalue weighted by Gasteiger charge is 2.32. The summed E-state index contributed by atoms with van der Waals surface area (Å²) < 4.78 is 21.3. The third kappa shape index (κ3) is 5.08. The van der Waals surface area contributed by atoms with Crippen LogP contribution in [-0.4, -0.2) is 79.7 Å². The Balaban J connectivity index is 1.38. The predicted molar refractivity (Wildman–Crippen MR) is 158 cm³/mol. The monoisotopic (exact) mass is 554 g/mol. The molecule has 0 bridgehead atoms. The lowest BCUT2D eigenvalue weighted by atomic mass is 9.97. The smallest absolute Gasteiger partial charge is 0.246 e. The highest BCUT2D eigenvalue weighted by molar-refractivity contribution is 5.95. The van der Waals surface area contributed by atoms with E-state index in [0.717, 1.165) is 47.4 Å². The van der Waals surface area contributed by atoms with Crippen molar-refractivity contribution in [3.63, 3.8) is 0 Å². The zero-order valence-corrected chi connectivity index (χ0v) is 23.5. The summed E-state index contributed by atoms with van der Waals surface area (Å²) in [6, 6.07) is 13.7. The molecule has 1 unspecified atom stereocenters. The van der Waals surface area contributed by atoms with Crippen molar-refractivity contribution in [2.45, 2.75) is 31.8 Å². The summed E-state index contributed by atoms with van der Waals surface area (Å²) in [6.07, 6.45) is 4.19. The van der Waals surface area contributed by atoms with Gasteiger partial charge in [0.05, 0.1) is 17.9 Å². The normalized spacial score (nSPS) is 19.2. The average molecular weight is 555 g/mol. The predicted octanol–water partition coefficient (Wildman–Crippen LogP) is 4.12. The number of hydrogen-bond donors (Lipinski definition) is 0. The molecule has 6 rings (SSSR count). The van der Waals surface area contributed by atoms with Gasteiger partial charge in [-0.05, 0) is 56.4 Å². The summed E-state index contributed by atoms with van der Waals surface area (Å²) in [7, 11) is 2.10. The maximum Gasteiger partial charge on any atom is 0.246 e. The van der Waals surface area contributed by atoms with E-state index in [2.05, 4.69) is 34.4 Å². The molecule has 4 heterocycles. The number of likely N-dealkylation sites (N-methyl/N-ethyl adjacent to an activating group) is 1. The number of benzene rings is 2. The van der Waals surface area contributed by atoms with Gasteiger partial charge in [-0.25, -0.2) is 9.37 Å². The summed E-state index contributed by atoms with van der Waals surface area (Å²) in [5.41, 5.74) is 4.04. The standard InChI is InChI=1S/C32H35FN6O2/c1-3-29(40)37-15-17-38(18-16-37)31-24-12-14-39(28-11-5-8-22-7-4-10-26(33)30(22)28)20-27(24)35-32(25(31)19-34)41-21-23-9-6-13-36(23)2/h3-5,7-8,10-11,23H,1,6,9,12-18,20-21H2,2H3. The third-order valence-corrected chi connectivity index (χ3v) is 8.74. The van der Waals surface area contributed by atoms with Crippen LogP contribution in [0.2, 0.25) is 0 Å².